The Morgan fingerprint density at radius 3 is 2.45 bits per heavy atom. The molecule has 1 heteroatoms. The summed E-state index contributed by atoms with van der Waals surface area (Å²) >= 11 is 0. The van der Waals surface area contributed by atoms with Gasteiger partial charge in [-0.3, -0.25) is 0 Å². The van der Waals surface area contributed by atoms with E-state index in [1.165, 1.54) is 62.5 Å². The molecule has 1 atom stereocenters. The SMILES string of the molecule is C=CCOCC1(CCCCc2ccc(C3CCC(C=C)CC3)cc2)C=CC=CC1. The van der Waals surface area contributed by atoms with Crippen molar-refractivity contribution in [1.82, 2.24) is 0 Å². The van der Waals surface area contributed by atoms with Gasteiger partial charge >= 0.3 is 0 Å². The second-order valence-corrected chi connectivity index (χ2v) is 8.95. The zero-order valence-corrected chi connectivity index (χ0v) is 18.0. The lowest BCUT2D eigenvalue weighted by Crippen LogP contribution is -2.25. The van der Waals surface area contributed by atoms with Crippen LogP contribution in [0.2, 0.25) is 0 Å². The van der Waals surface area contributed by atoms with Gasteiger partial charge in [-0.1, -0.05) is 67.1 Å². The van der Waals surface area contributed by atoms with Gasteiger partial charge in [0, 0.05) is 5.41 Å². The van der Waals surface area contributed by atoms with E-state index in [4.69, 9.17) is 4.74 Å². The smallest absolute Gasteiger partial charge is 0.0645 e. The fourth-order valence-electron chi connectivity index (χ4n) is 4.87. The van der Waals surface area contributed by atoms with Crippen molar-refractivity contribution in [3.63, 3.8) is 0 Å². The minimum atomic E-state index is 0.173. The second kappa shape index (κ2) is 11.4. The zero-order valence-electron chi connectivity index (χ0n) is 18.0. The highest BCUT2D eigenvalue weighted by Gasteiger charge is 2.27. The molecular weight excluding hydrogens is 352 g/mol. The molecule has 29 heavy (non-hydrogen) atoms. The third-order valence-corrected chi connectivity index (χ3v) is 6.79. The molecule has 0 saturated heterocycles. The van der Waals surface area contributed by atoms with E-state index in [9.17, 15) is 0 Å². The molecule has 0 N–H and O–H groups in total. The van der Waals surface area contributed by atoms with Crippen LogP contribution in [0.1, 0.15) is 68.4 Å². The maximum absolute atomic E-state index is 5.82. The highest BCUT2D eigenvalue weighted by Crippen LogP contribution is 2.36. The summed E-state index contributed by atoms with van der Waals surface area (Å²) in [6.45, 7) is 9.16. The minimum Gasteiger partial charge on any atom is -0.376 e. The molecule has 1 unspecified atom stereocenters. The van der Waals surface area contributed by atoms with E-state index in [1.807, 2.05) is 6.08 Å². The molecule has 0 aliphatic heterocycles. The second-order valence-electron chi connectivity index (χ2n) is 8.95. The Morgan fingerprint density at radius 1 is 1.00 bits per heavy atom. The summed E-state index contributed by atoms with van der Waals surface area (Å²) in [4.78, 5) is 0. The highest BCUT2D eigenvalue weighted by atomic mass is 16.5. The number of ether oxygens (including phenoxy) is 1. The standard InChI is InChI=1S/C28H38O/c1-3-22-29-23-28(19-7-5-8-20-28)21-9-6-10-25-13-17-27(18-14-25)26-15-11-24(4-2)12-16-26/h3-5,7-8,13-14,17-19,24,26H,1-2,6,9-12,15-16,20-23H2. The first-order valence-corrected chi connectivity index (χ1v) is 11.5. The molecule has 3 rings (SSSR count). The summed E-state index contributed by atoms with van der Waals surface area (Å²) < 4.78 is 5.82. The Labute approximate surface area is 178 Å². The summed E-state index contributed by atoms with van der Waals surface area (Å²) in [7, 11) is 0. The predicted molar refractivity (Wildman–Crippen MR) is 125 cm³/mol. The first kappa shape index (κ1) is 21.8. The molecule has 0 spiro atoms. The zero-order chi connectivity index (χ0) is 20.4. The molecule has 1 saturated carbocycles. The van der Waals surface area contributed by atoms with E-state index in [0.717, 1.165) is 24.9 Å². The van der Waals surface area contributed by atoms with Crippen molar-refractivity contribution >= 4 is 0 Å². The van der Waals surface area contributed by atoms with Crippen molar-refractivity contribution in [1.29, 1.82) is 0 Å². The Morgan fingerprint density at radius 2 is 1.79 bits per heavy atom. The number of rotatable bonds is 11. The molecule has 0 amide bonds. The van der Waals surface area contributed by atoms with Crippen molar-refractivity contribution in [3.05, 3.63) is 85.0 Å². The van der Waals surface area contributed by atoms with E-state index in [1.54, 1.807) is 0 Å². The molecule has 2 aliphatic carbocycles. The number of unbranched alkanes of at least 4 members (excludes halogenated alkanes) is 1. The monoisotopic (exact) mass is 390 g/mol. The highest BCUT2D eigenvalue weighted by molar-refractivity contribution is 5.26. The van der Waals surface area contributed by atoms with Crippen LogP contribution in [-0.4, -0.2) is 13.2 Å². The van der Waals surface area contributed by atoms with Crippen molar-refractivity contribution < 1.29 is 4.74 Å². The molecule has 1 aromatic rings. The largest absolute Gasteiger partial charge is 0.376 e. The van der Waals surface area contributed by atoms with Gasteiger partial charge < -0.3 is 4.74 Å². The van der Waals surface area contributed by atoms with Gasteiger partial charge in [0.1, 0.15) is 0 Å². The number of hydrogen-bond acceptors (Lipinski definition) is 1. The van der Waals surface area contributed by atoms with Crippen LogP contribution in [0, 0.1) is 11.3 Å². The van der Waals surface area contributed by atoms with E-state index in [2.05, 4.69) is 67.8 Å². The number of hydrogen-bond donors (Lipinski definition) is 0. The van der Waals surface area contributed by atoms with Gasteiger partial charge in [0.15, 0.2) is 0 Å². The molecule has 1 fully saturated rings. The lowest BCUT2D eigenvalue weighted by Gasteiger charge is -2.31. The molecule has 0 bridgehead atoms. The van der Waals surface area contributed by atoms with Crippen molar-refractivity contribution in [2.45, 2.75) is 63.7 Å². The van der Waals surface area contributed by atoms with E-state index in [-0.39, 0.29) is 5.41 Å². The number of allylic oxidation sites excluding steroid dienone is 4. The van der Waals surface area contributed by atoms with Gasteiger partial charge in [0.25, 0.3) is 0 Å². The molecule has 1 nitrogen and oxygen atoms in total. The van der Waals surface area contributed by atoms with Crippen LogP contribution in [0.15, 0.2) is 73.9 Å². The number of benzene rings is 1. The average molecular weight is 391 g/mol. The third-order valence-electron chi connectivity index (χ3n) is 6.79. The Bertz CT molecular complexity index is 688. The normalized spacial score (nSPS) is 26.3. The fraction of sp³-hybridized carbons (Fsp3) is 0.500. The van der Waals surface area contributed by atoms with Crippen LogP contribution in [0.4, 0.5) is 0 Å². The van der Waals surface area contributed by atoms with E-state index >= 15 is 0 Å². The van der Waals surface area contributed by atoms with E-state index < -0.39 is 0 Å². The Kier molecular flexibility index (Phi) is 8.55. The predicted octanol–water partition coefficient (Wildman–Crippen LogP) is 7.56. The van der Waals surface area contributed by atoms with Gasteiger partial charge in [-0.15, -0.1) is 13.2 Å². The van der Waals surface area contributed by atoms with Crippen LogP contribution < -0.4 is 0 Å². The van der Waals surface area contributed by atoms with Gasteiger partial charge in [-0.25, -0.2) is 0 Å². The summed E-state index contributed by atoms with van der Waals surface area (Å²) in [5.41, 5.74) is 3.18. The topological polar surface area (TPSA) is 9.23 Å². The van der Waals surface area contributed by atoms with Crippen LogP contribution in [-0.2, 0) is 11.2 Å². The first-order valence-electron chi connectivity index (χ1n) is 11.5. The summed E-state index contributed by atoms with van der Waals surface area (Å²) in [5, 5.41) is 0. The number of aryl methyl sites for hydroxylation is 1. The maximum Gasteiger partial charge on any atom is 0.0645 e. The lowest BCUT2D eigenvalue weighted by molar-refractivity contribution is 0.0808. The maximum atomic E-state index is 5.82. The van der Waals surface area contributed by atoms with Gasteiger partial charge in [-0.05, 0) is 74.3 Å². The average Bonchev–Trinajstić information content (AvgIpc) is 2.78. The third kappa shape index (κ3) is 6.57. The molecule has 1 aromatic carbocycles. The Balaban J connectivity index is 1.43. The first-order chi connectivity index (χ1) is 14.2. The van der Waals surface area contributed by atoms with Crippen LogP contribution in [0.5, 0.6) is 0 Å². The van der Waals surface area contributed by atoms with Crippen LogP contribution >= 0.6 is 0 Å². The minimum absolute atomic E-state index is 0.173. The van der Waals surface area contributed by atoms with Crippen molar-refractivity contribution in [2.75, 3.05) is 13.2 Å². The molecule has 0 heterocycles. The summed E-state index contributed by atoms with van der Waals surface area (Å²) in [6, 6.07) is 9.49. The lowest BCUT2D eigenvalue weighted by atomic mass is 9.77. The molecular formula is C28H38O. The van der Waals surface area contributed by atoms with Crippen molar-refractivity contribution in [2.24, 2.45) is 11.3 Å². The molecule has 0 aromatic heterocycles. The van der Waals surface area contributed by atoms with Gasteiger partial charge in [0.05, 0.1) is 13.2 Å². The Hall–Kier alpha value is -1.86. The van der Waals surface area contributed by atoms with Gasteiger partial charge in [0.2, 0.25) is 0 Å². The van der Waals surface area contributed by atoms with Gasteiger partial charge in [-0.2, -0.15) is 0 Å². The molecule has 0 radical (unpaired) electrons. The quantitative estimate of drug-likeness (QED) is 0.280. The fourth-order valence-corrected chi connectivity index (χ4v) is 4.87. The van der Waals surface area contributed by atoms with Crippen molar-refractivity contribution in [3.8, 4) is 0 Å². The van der Waals surface area contributed by atoms with Crippen LogP contribution in [0.25, 0.3) is 0 Å². The summed E-state index contributed by atoms with van der Waals surface area (Å²) in [6.07, 6.45) is 24.1. The van der Waals surface area contributed by atoms with E-state index in [0.29, 0.717) is 6.61 Å². The molecule has 156 valence electrons. The summed E-state index contributed by atoms with van der Waals surface area (Å²) in [5.74, 6) is 1.49. The van der Waals surface area contributed by atoms with Crippen LogP contribution in [0.3, 0.4) is 0 Å². The molecule has 2 aliphatic rings.